The number of nitro groups is 1. The molecule has 0 aliphatic heterocycles. The van der Waals surface area contributed by atoms with Gasteiger partial charge < -0.3 is 15.4 Å². The Bertz CT molecular complexity index is 1050. The predicted molar refractivity (Wildman–Crippen MR) is 119 cm³/mol. The van der Waals surface area contributed by atoms with Gasteiger partial charge in [-0.05, 0) is 32.4 Å². The quantitative estimate of drug-likeness (QED) is 0.385. The molecule has 10 heteroatoms. The van der Waals surface area contributed by atoms with Crippen LogP contribution in [0.1, 0.15) is 47.1 Å². The van der Waals surface area contributed by atoms with Crippen LogP contribution in [-0.4, -0.2) is 29.3 Å². The van der Waals surface area contributed by atoms with Crippen LogP contribution in [0.15, 0.2) is 18.2 Å². The van der Waals surface area contributed by atoms with Crippen molar-refractivity contribution in [2.45, 2.75) is 41.5 Å². The van der Waals surface area contributed by atoms with Gasteiger partial charge in [0, 0.05) is 16.4 Å². The van der Waals surface area contributed by atoms with Gasteiger partial charge in [-0.3, -0.25) is 19.7 Å². The van der Waals surface area contributed by atoms with Gasteiger partial charge in [-0.25, -0.2) is 4.79 Å². The minimum Gasteiger partial charge on any atom is -0.452 e. The Morgan fingerprint density at radius 1 is 1.10 bits per heavy atom. The van der Waals surface area contributed by atoms with Crippen molar-refractivity contribution >= 4 is 45.5 Å². The third-order valence-electron chi connectivity index (χ3n) is 4.61. The number of hydrogen-bond donors (Lipinski definition) is 2. The third-order valence-corrected chi connectivity index (χ3v) is 5.73. The Kier molecular flexibility index (Phi) is 7.17. The van der Waals surface area contributed by atoms with E-state index in [4.69, 9.17) is 4.74 Å². The van der Waals surface area contributed by atoms with Crippen LogP contribution >= 0.6 is 11.3 Å². The maximum atomic E-state index is 12.7. The summed E-state index contributed by atoms with van der Waals surface area (Å²) >= 11 is 1.26. The molecule has 0 aliphatic rings. The molecule has 1 heterocycles. The first-order valence-electron chi connectivity index (χ1n) is 9.45. The van der Waals surface area contributed by atoms with Crippen LogP contribution in [0.3, 0.4) is 0 Å². The third kappa shape index (κ3) is 5.66. The number of hydrogen-bond acceptors (Lipinski definition) is 7. The van der Waals surface area contributed by atoms with Crippen molar-refractivity contribution in [2.75, 3.05) is 17.2 Å². The van der Waals surface area contributed by atoms with E-state index in [1.807, 2.05) is 6.92 Å². The number of carbonyl (C=O) groups is 3. The number of nitrogens with one attached hydrogen (secondary N) is 2. The van der Waals surface area contributed by atoms with E-state index in [9.17, 15) is 24.5 Å². The molecule has 31 heavy (non-hydrogen) atoms. The van der Waals surface area contributed by atoms with Crippen molar-refractivity contribution in [2.24, 2.45) is 5.41 Å². The molecule has 0 fully saturated rings. The minimum absolute atomic E-state index is 0.126. The molecule has 0 saturated carbocycles. The first kappa shape index (κ1) is 24.0. The summed E-state index contributed by atoms with van der Waals surface area (Å²) < 4.78 is 5.15. The van der Waals surface area contributed by atoms with Crippen LogP contribution in [0, 0.1) is 36.3 Å². The van der Waals surface area contributed by atoms with Crippen molar-refractivity contribution < 1.29 is 24.0 Å². The summed E-state index contributed by atoms with van der Waals surface area (Å²) in [6, 6.07) is 4.31. The van der Waals surface area contributed by atoms with Gasteiger partial charge in [0.25, 0.3) is 11.6 Å². The van der Waals surface area contributed by atoms with Crippen LogP contribution < -0.4 is 10.6 Å². The number of rotatable bonds is 6. The molecule has 9 nitrogen and oxygen atoms in total. The van der Waals surface area contributed by atoms with Crippen LogP contribution in [-0.2, 0) is 14.3 Å². The van der Waals surface area contributed by atoms with E-state index < -0.39 is 28.8 Å². The fourth-order valence-electron chi connectivity index (χ4n) is 2.60. The molecule has 1 aromatic heterocycles. The fraction of sp³-hybridized carbons (Fsp3) is 0.381. The Hall–Kier alpha value is -3.27. The second kappa shape index (κ2) is 9.25. The van der Waals surface area contributed by atoms with Gasteiger partial charge in [-0.1, -0.05) is 26.8 Å². The van der Waals surface area contributed by atoms with E-state index in [2.05, 4.69) is 10.6 Å². The van der Waals surface area contributed by atoms with Crippen molar-refractivity contribution in [3.05, 3.63) is 49.9 Å². The molecular weight excluding hydrogens is 422 g/mol. The maximum Gasteiger partial charge on any atom is 0.341 e. The lowest BCUT2D eigenvalue weighted by atomic mass is 9.96. The zero-order valence-electron chi connectivity index (χ0n) is 18.2. The zero-order valence-corrected chi connectivity index (χ0v) is 19.1. The number of ether oxygens (including phenoxy) is 1. The number of thiophene rings is 1. The molecule has 0 unspecified atom stereocenters. The molecule has 2 amide bonds. The highest BCUT2D eigenvalue weighted by molar-refractivity contribution is 7.16. The van der Waals surface area contributed by atoms with Crippen LogP contribution in [0.2, 0.25) is 0 Å². The van der Waals surface area contributed by atoms with E-state index in [0.717, 1.165) is 4.88 Å². The van der Waals surface area contributed by atoms with Crippen molar-refractivity contribution in [1.29, 1.82) is 0 Å². The monoisotopic (exact) mass is 447 g/mol. The predicted octanol–water partition coefficient (Wildman–Crippen LogP) is 4.36. The maximum absolute atomic E-state index is 12.7. The van der Waals surface area contributed by atoms with Gasteiger partial charge in [0.15, 0.2) is 6.61 Å². The lowest BCUT2D eigenvalue weighted by Gasteiger charge is -2.17. The summed E-state index contributed by atoms with van der Waals surface area (Å²) in [5, 5.41) is 16.7. The highest BCUT2D eigenvalue weighted by atomic mass is 32.1. The molecule has 0 atom stereocenters. The van der Waals surface area contributed by atoms with Gasteiger partial charge in [-0.2, -0.15) is 0 Å². The van der Waals surface area contributed by atoms with Gasteiger partial charge >= 0.3 is 5.97 Å². The molecule has 0 aliphatic carbocycles. The molecule has 1 aromatic carbocycles. The molecular formula is C21H25N3O6S. The number of anilines is 2. The number of amides is 2. The summed E-state index contributed by atoms with van der Waals surface area (Å²) in [7, 11) is 0. The summed E-state index contributed by atoms with van der Waals surface area (Å²) in [4.78, 5) is 48.6. The summed E-state index contributed by atoms with van der Waals surface area (Å²) in [6.45, 7) is 9.77. The fourth-order valence-corrected chi connectivity index (χ4v) is 3.64. The summed E-state index contributed by atoms with van der Waals surface area (Å²) in [5.74, 6) is -1.62. The number of nitro benzene ring substituents is 1. The number of nitrogens with zero attached hydrogens (tertiary/aromatic N) is 1. The lowest BCUT2D eigenvalue weighted by molar-refractivity contribution is -0.385. The Balaban J connectivity index is 2.11. The first-order valence-corrected chi connectivity index (χ1v) is 10.3. The topological polar surface area (TPSA) is 128 Å². The van der Waals surface area contributed by atoms with E-state index in [1.165, 1.54) is 36.5 Å². The minimum atomic E-state index is -0.739. The smallest absolute Gasteiger partial charge is 0.341 e. The Morgan fingerprint density at radius 2 is 1.74 bits per heavy atom. The molecule has 2 rings (SSSR count). The lowest BCUT2D eigenvalue weighted by Crippen LogP contribution is -2.28. The average molecular weight is 448 g/mol. The van der Waals surface area contributed by atoms with Crippen LogP contribution in [0.25, 0.3) is 0 Å². The van der Waals surface area contributed by atoms with E-state index in [1.54, 1.807) is 27.7 Å². The van der Waals surface area contributed by atoms with E-state index in [-0.39, 0.29) is 22.8 Å². The van der Waals surface area contributed by atoms with Crippen molar-refractivity contribution in [3.63, 3.8) is 0 Å². The van der Waals surface area contributed by atoms with E-state index in [0.29, 0.717) is 16.1 Å². The molecule has 166 valence electrons. The Labute approximate surface area is 183 Å². The molecule has 2 N–H and O–H groups in total. The molecule has 2 aromatic rings. The molecule has 0 spiro atoms. The van der Waals surface area contributed by atoms with Crippen molar-refractivity contribution in [3.8, 4) is 0 Å². The zero-order chi connectivity index (χ0) is 23.5. The second-order valence-electron chi connectivity index (χ2n) is 8.02. The molecule has 0 radical (unpaired) electrons. The summed E-state index contributed by atoms with van der Waals surface area (Å²) in [5.41, 5.74) is 0.648. The highest BCUT2D eigenvalue weighted by Crippen LogP contribution is 2.34. The van der Waals surface area contributed by atoms with Crippen molar-refractivity contribution in [1.82, 2.24) is 0 Å². The number of esters is 1. The Morgan fingerprint density at radius 3 is 2.32 bits per heavy atom. The number of aryl methyl sites for hydroxylation is 1. The van der Waals surface area contributed by atoms with Gasteiger partial charge in [-0.15, -0.1) is 11.3 Å². The van der Waals surface area contributed by atoms with E-state index >= 15 is 0 Å². The van der Waals surface area contributed by atoms with Crippen LogP contribution in [0.4, 0.5) is 16.4 Å². The number of benzene rings is 1. The normalized spacial score (nSPS) is 11.0. The molecule has 0 bridgehead atoms. The highest BCUT2D eigenvalue weighted by Gasteiger charge is 2.27. The second-order valence-corrected chi connectivity index (χ2v) is 9.25. The molecule has 0 saturated heterocycles. The van der Waals surface area contributed by atoms with Gasteiger partial charge in [0.05, 0.1) is 21.7 Å². The van der Waals surface area contributed by atoms with Gasteiger partial charge in [0.2, 0.25) is 5.91 Å². The summed E-state index contributed by atoms with van der Waals surface area (Å²) in [6.07, 6.45) is 0. The standard InChI is InChI=1S/C21H25N3O6S/c1-11-13(3)31-18(23-20(27)21(4,5)6)17(11)19(26)30-10-16(25)22-14-8-7-9-15(12(14)2)24(28)29/h7-9H,10H2,1-6H3,(H,22,25)(H,23,27). The number of carbonyl (C=O) groups excluding carboxylic acids is 3. The largest absolute Gasteiger partial charge is 0.452 e. The SMILES string of the molecule is Cc1sc(NC(=O)C(C)(C)C)c(C(=O)OCC(=O)Nc2cccc([N+](=O)[O-])c2C)c1C. The first-order chi connectivity index (χ1) is 14.3. The average Bonchev–Trinajstić information content (AvgIpc) is 2.94. The van der Waals surface area contributed by atoms with Crippen LogP contribution in [0.5, 0.6) is 0 Å². The van der Waals surface area contributed by atoms with Gasteiger partial charge in [0.1, 0.15) is 5.00 Å².